The van der Waals surface area contributed by atoms with Crippen molar-refractivity contribution in [3.05, 3.63) is 59.0 Å². The highest BCUT2D eigenvalue weighted by atomic mass is 32.1. The van der Waals surface area contributed by atoms with Gasteiger partial charge < -0.3 is 20.1 Å². The fraction of sp³-hybridized carbons (Fsp3) is 0.190. The van der Waals surface area contributed by atoms with Crippen molar-refractivity contribution >= 4 is 28.3 Å². The molecule has 29 heavy (non-hydrogen) atoms. The minimum absolute atomic E-state index is 0.145. The first-order valence-corrected chi connectivity index (χ1v) is 9.70. The fourth-order valence-electron chi connectivity index (χ4n) is 2.60. The second kappa shape index (κ2) is 9.20. The lowest BCUT2D eigenvalue weighted by atomic mass is 10.1. The lowest BCUT2D eigenvalue weighted by molar-refractivity contribution is -0.115. The van der Waals surface area contributed by atoms with Gasteiger partial charge in [0.2, 0.25) is 5.91 Å². The number of hydrogen-bond donors (Lipinski definition) is 2. The van der Waals surface area contributed by atoms with Gasteiger partial charge in [-0.05, 0) is 31.2 Å². The maximum absolute atomic E-state index is 12.2. The Morgan fingerprint density at radius 1 is 1.07 bits per heavy atom. The molecule has 1 heterocycles. The van der Waals surface area contributed by atoms with Gasteiger partial charge in [-0.2, -0.15) is 0 Å². The van der Waals surface area contributed by atoms with Crippen LogP contribution in [0.1, 0.15) is 15.9 Å². The van der Waals surface area contributed by atoms with E-state index in [4.69, 9.17) is 9.47 Å². The molecule has 2 N–H and O–H groups in total. The predicted octanol–water partition coefficient (Wildman–Crippen LogP) is 3.50. The molecule has 8 heteroatoms. The van der Waals surface area contributed by atoms with Crippen LogP contribution >= 0.6 is 11.3 Å². The van der Waals surface area contributed by atoms with Gasteiger partial charge in [0.05, 0.1) is 26.5 Å². The Kier molecular flexibility index (Phi) is 6.46. The highest BCUT2D eigenvalue weighted by Crippen LogP contribution is 2.34. The number of thiazole rings is 1. The van der Waals surface area contributed by atoms with Crippen LogP contribution in [0.15, 0.2) is 47.8 Å². The first-order chi connectivity index (χ1) is 14.0. The molecule has 2 amide bonds. The second-order valence-corrected chi connectivity index (χ2v) is 7.06. The van der Waals surface area contributed by atoms with Crippen molar-refractivity contribution in [1.29, 1.82) is 0 Å². The van der Waals surface area contributed by atoms with Crippen molar-refractivity contribution in [3.8, 4) is 22.8 Å². The van der Waals surface area contributed by atoms with Crippen molar-refractivity contribution in [3.63, 3.8) is 0 Å². The molecule has 0 aliphatic heterocycles. The summed E-state index contributed by atoms with van der Waals surface area (Å²) >= 11 is 1.29. The van der Waals surface area contributed by atoms with Crippen molar-refractivity contribution in [2.75, 3.05) is 26.1 Å². The molecule has 0 aliphatic rings. The minimum Gasteiger partial charge on any atom is -0.497 e. The molecular weight excluding hydrogens is 390 g/mol. The molecule has 0 saturated heterocycles. The van der Waals surface area contributed by atoms with Gasteiger partial charge in [0.25, 0.3) is 5.91 Å². The van der Waals surface area contributed by atoms with Gasteiger partial charge in [-0.1, -0.05) is 17.7 Å². The second-order valence-electron chi connectivity index (χ2n) is 6.20. The molecule has 1 aromatic heterocycles. The molecule has 0 fully saturated rings. The number of ether oxygens (including phenoxy) is 2. The van der Waals surface area contributed by atoms with Crippen LogP contribution < -0.4 is 20.1 Å². The lowest BCUT2D eigenvalue weighted by Gasteiger charge is -2.08. The smallest absolute Gasteiger partial charge is 0.251 e. The Balaban J connectivity index is 1.60. The summed E-state index contributed by atoms with van der Waals surface area (Å²) in [5.74, 6) is 0.646. The largest absolute Gasteiger partial charge is 0.497 e. The standard InChI is InChI=1S/C21H21N3O4S/c1-13-4-6-14(7-5-13)20(26)22-11-19(25)24-21-23-17(12-29-21)16-9-8-15(27-2)10-18(16)28-3/h4-10,12H,11H2,1-3H3,(H,22,26)(H,23,24,25). The number of methoxy groups -OCH3 is 2. The first kappa shape index (κ1) is 20.3. The number of nitrogens with one attached hydrogen (secondary N) is 2. The van der Waals surface area contributed by atoms with E-state index in [0.29, 0.717) is 27.9 Å². The average Bonchev–Trinajstić information content (AvgIpc) is 3.20. The number of carbonyl (C=O) groups is 2. The maximum atomic E-state index is 12.2. The summed E-state index contributed by atoms with van der Waals surface area (Å²) < 4.78 is 10.6. The molecule has 2 aromatic carbocycles. The molecule has 150 valence electrons. The topological polar surface area (TPSA) is 89.6 Å². The Hall–Kier alpha value is -3.39. The summed E-state index contributed by atoms with van der Waals surface area (Å²) in [6.07, 6.45) is 0. The van der Waals surface area contributed by atoms with Crippen LogP contribution in [0, 0.1) is 6.92 Å². The summed E-state index contributed by atoms with van der Waals surface area (Å²) in [6, 6.07) is 12.6. The lowest BCUT2D eigenvalue weighted by Crippen LogP contribution is -2.32. The van der Waals surface area contributed by atoms with E-state index in [1.165, 1.54) is 11.3 Å². The van der Waals surface area contributed by atoms with E-state index in [1.807, 2.05) is 36.6 Å². The maximum Gasteiger partial charge on any atom is 0.251 e. The zero-order chi connectivity index (χ0) is 20.8. The van der Waals surface area contributed by atoms with E-state index >= 15 is 0 Å². The molecule has 0 saturated carbocycles. The Morgan fingerprint density at radius 3 is 2.52 bits per heavy atom. The fourth-order valence-corrected chi connectivity index (χ4v) is 3.32. The van der Waals surface area contributed by atoms with E-state index in [1.54, 1.807) is 32.4 Å². The van der Waals surface area contributed by atoms with Crippen molar-refractivity contribution in [2.24, 2.45) is 0 Å². The number of aryl methyl sites for hydroxylation is 1. The van der Waals surface area contributed by atoms with Crippen LogP contribution in [0.4, 0.5) is 5.13 Å². The third-order valence-corrected chi connectivity index (χ3v) is 4.92. The van der Waals surface area contributed by atoms with Crippen LogP contribution in [0.2, 0.25) is 0 Å². The molecule has 0 radical (unpaired) electrons. The van der Waals surface area contributed by atoms with E-state index in [-0.39, 0.29) is 18.4 Å². The number of anilines is 1. The number of benzene rings is 2. The monoisotopic (exact) mass is 411 g/mol. The van der Waals surface area contributed by atoms with Gasteiger partial charge >= 0.3 is 0 Å². The van der Waals surface area contributed by atoms with Crippen LogP contribution in [-0.4, -0.2) is 37.6 Å². The zero-order valence-corrected chi connectivity index (χ0v) is 17.1. The molecule has 0 atom stereocenters. The predicted molar refractivity (Wildman–Crippen MR) is 113 cm³/mol. The molecule has 3 aromatic rings. The van der Waals surface area contributed by atoms with Gasteiger partial charge in [-0.3, -0.25) is 9.59 Å². The molecule has 0 bridgehead atoms. The summed E-state index contributed by atoms with van der Waals surface area (Å²) in [6.45, 7) is 1.80. The molecule has 0 spiro atoms. The Morgan fingerprint density at radius 2 is 1.83 bits per heavy atom. The molecular formula is C21H21N3O4S. The van der Waals surface area contributed by atoms with Gasteiger partial charge in [0.1, 0.15) is 11.5 Å². The van der Waals surface area contributed by atoms with Gasteiger partial charge in [0.15, 0.2) is 5.13 Å². The van der Waals surface area contributed by atoms with E-state index in [0.717, 1.165) is 11.1 Å². The van der Waals surface area contributed by atoms with Crippen LogP contribution in [0.3, 0.4) is 0 Å². The van der Waals surface area contributed by atoms with Gasteiger partial charge in [-0.15, -0.1) is 11.3 Å². The number of nitrogens with zero attached hydrogens (tertiary/aromatic N) is 1. The normalized spacial score (nSPS) is 10.3. The molecule has 0 unspecified atom stereocenters. The van der Waals surface area contributed by atoms with Crippen LogP contribution in [0.5, 0.6) is 11.5 Å². The Labute approximate surface area is 172 Å². The highest BCUT2D eigenvalue weighted by molar-refractivity contribution is 7.14. The average molecular weight is 411 g/mol. The summed E-state index contributed by atoms with van der Waals surface area (Å²) in [7, 11) is 3.16. The SMILES string of the molecule is COc1ccc(-c2csc(NC(=O)CNC(=O)c3ccc(C)cc3)n2)c(OC)c1. The van der Waals surface area contributed by atoms with Crippen LogP contribution in [0.25, 0.3) is 11.3 Å². The highest BCUT2D eigenvalue weighted by Gasteiger charge is 2.13. The quantitative estimate of drug-likeness (QED) is 0.621. The third kappa shape index (κ3) is 5.11. The van der Waals surface area contributed by atoms with E-state index in [2.05, 4.69) is 15.6 Å². The van der Waals surface area contributed by atoms with Crippen LogP contribution in [-0.2, 0) is 4.79 Å². The summed E-state index contributed by atoms with van der Waals surface area (Å²) in [5.41, 5.74) is 3.03. The summed E-state index contributed by atoms with van der Waals surface area (Å²) in [5, 5.41) is 7.56. The number of carbonyl (C=O) groups excluding carboxylic acids is 2. The third-order valence-electron chi connectivity index (χ3n) is 4.16. The number of amides is 2. The number of hydrogen-bond acceptors (Lipinski definition) is 6. The van der Waals surface area contributed by atoms with E-state index < -0.39 is 0 Å². The van der Waals surface area contributed by atoms with Crippen molar-refractivity contribution in [2.45, 2.75) is 6.92 Å². The molecule has 3 rings (SSSR count). The van der Waals surface area contributed by atoms with E-state index in [9.17, 15) is 9.59 Å². The number of rotatable bonds is 7. The van der Waals surface area contributed by atoms with Crippen molar-refractivity contribution in [1.82, 2.24) is 10.3 Å². The number of aromatic nitrogens is 1. The van der Waals surface area contributed by atoms with Gasteiger partial charge in [-0.25, -0.2) is 4.98 Å². The van der Waals surface area contributed by atoms with Gasteiger partial charge in [0, 0.05) is 22.6 Å². The molecule has 0 aliphatic carbocycles. The molecule has 7 nitrogen and oxygen atoms in total. The Bertz CT molecular complexity index is 1020. The van der Waals surface area contributed by atoms with Crippen molar-refractivity contribution < 1.29 is 19.1 Å². The zero-order valence-electron chi connectivity index (χ0n) is 16.3. The summed E-state index contributed by atoms with van der Waals surface area (Å²) in [4.78, 5) is 28.7. The first-order valence-electron chi connectivity index (χ1n) is 8.83. The minimum atomic E-state index is -0.354.